The second kappa shape index (κ2) is 6.95. The maximum atomic E-state index is 9.70. The fraction of sp³-hybridized carbons (Fsp3) is 0.833. The van der Waals surface area contributed by atoms with Gasteiger partial charge in [0.05, 0.1) is 0 Å². The van der Waals surface area contributed by atoms with Crippen LogP contribution < -0.4 is 17.0 Å². The van der Waals surface area contributed by atoms with Crippen molar-refractivity contribution in [1.29, 1.82) is 0 Å². The van der Waals surface area contributed by atoms with Gasteiger partial charge in [0.2, 0.25) is 0 Å². The first kappa shape index (κ1) is 16.4. The van der Waals surface area contributed by atoms with E-state index in [0.717, 1.165) is 0 Å². The van der Waals surface area contributed by atoms with Crippen molar-refractivity contribution in [1.82, 2.24) is 0 Å². The largest absolute Gasteiger partial charge is 1.00 e. The summed E-state index contributed by atoms with van der Waals surface area (Å²) in [6.45, 7) is 6.04. The van der Waals surface area contributed by atoms with Gasteiger partial charge in [0.25, 0.3) is 0 Å². The molecule has 0 aliphatic heterocycles. The zero-order valence-corrected chi connectivity index (χ0v) is 9.67. The molecule has 0 aromatic heterocycles. The second-order valence-electron chi connectivity index (χ2n) is 2.88. The average Bonchev–Trinajstić information content (AvgIpc) is 1.30. The number of hydrogen-bond donors (Lipinski definition) is 0. The maximum absolute atomic E-state index is 9.70. The summed E-state index contributed by atoms with van der Waals surface area (Å²) in [5, 5.41) is 0. The molecule has 59 valence electrons. The van der Waals surface area contributed by atoms with Crippen molar-refractivity contribution in [2.45, 2.75) is 27.2 Å². The summed E-state index contributed by atoms with van der Waals surface area (Å²) >= 11 is 0. The summed E-state index contributed by atoms with van der Waals surface area (Å²) in [6.07, 6.45) is 2.39. The molecule has 1 nitrogen and oxygen atoms in total. The third kappa shape index (κ3) is 17.7. The Bertz CT molecular complexity index is 67.9. The van der Waals surface area contributed by atoms with E-state index < -0.39 is 0 Å². The van der Waals surface area contributed by atoms with E-state index in [2.05, 4.69) is 0 Å². The third-order valence-electron chi connectivity index (χ3n) is 0.602. The zero-order chi connectivity index (χ0) is 5.91. The summed E-state index contributed by atoms with van der Waals surface area (Å²) in [5.74, 6) is 0. The van der Waals surface area contributed by atoms with Crippen LogP contribution in [-0.4, -0.2) is 6.29 Å². The molecule has 0 aliphatic rings. The minimum atomic E-state index is 0. The molecule has 3 heteroatoms. The van der Waals surface area contributed by atoms with Gasteiger partial charge in [-0.15, -0.1) is 0 Å². The van der Waals surface area contributed by atoms with Crippen LogP contribution in [-0.2, 0) is 25.9 Å². The van der Waals surface area contributed by atoms with Crippen LogP contribution in [0, 0.1) is 5.41 Å². The van der Waals surface area contributed by atoms with Crippen LogP contribution in [0.1, 0.15) is 27.2 Å². The van der Waals surface area contributed by atoms with Crippen LogP contribution in [0.4, 0.5) is 0 Å². The Hall–Kier alpha value is 0.838. The molecular weight excluding hydrogens is 363 g/mol. The van der Waals surface area contributed by atoms with Gasteiger partial charge in [0, 0.05) is 27.5 Å². The molecule has 0 heterocycles. The summed E-state index contributed by atoms with van der Waals surface area (Å²) in [7, 11) is 0. The van der Waals surface area contributed by atoms with Gasteiger partial charge in [0.15, 0.2) is 6.29 Å². The van der Waals surface area contributed by atoms with Crippen molar-refractivity contribution in [3.63, 3.8) is 0 Å². The Kier molecular flexibility index (Phi) is 12.7. The Morgan fingerprint density at radius 1 is 1.33 bits per heavy atom. The van der Waals surface area contributed by atoms with E-state index in [1.54, 1.807) is 0 Å². The van der Waals surface area contributed by atoms with Crippen molar-refractivity contribution in [3.05, 3.63) is 0 Å². The van der Waals surface area contributed by atoms with Crippen LogP contribution in [0.2, 0.25) is 0 Å². The molecule has 0 fully saturated rings. The van der Waals surface area contributed by atoms with Crippen molar-refractivity contribution in [2.24, 2.45) is 5.41 Å². The van der Waals surface area contributed by atoms with Gasteiger partial charge in [-0.25, -0.2) is 0 Å². The molecule has 1 radical (unpaired) electrons. The van der Waals surface area contributed by atoms with E-state index in [4.69, 9.17) is 0 Å². The van der Waals surface area contributed by atoms with Crippen LogP contribution in [0.5, 0.6) is 0 Å². The zero-order valence-electron chi connectivity index (χ0n) is 5.81. The fourth-order valence-electron chi connectivity index (χ4n) is 0.217. The molecule has 0 aromatic carbocycles. The molecule has 9 heavy (non-hydrogen) atoms. The molecule has 0 aliphatic carbocycles. The van der Waals surface area contributed by atoms with Gasteiger partial charge in [0.1, 0.15) is 0 Å². The monoisotopic (exact) mass is 373 g/mol. The smallest absolute Gasteiger partial charge is 0.198 e. The number of rotatable bonds is 1. The van der Waals surface area contributed by atoms with E-state index in [0.29, 0.717) is 6.42 Å². The van der Waals surface area contributed by atoms with Gasteiger partial charge < -0.3 is 17.0 Å². The van der Waals surface area contributed by atoms with E-state index in [9.17, 15) is 4.79 Å². The summed E-state index contributed by atoms with van der Waals surface area (Å²) in [5.41, 5.74) is 0.127. The molecule has 0 atom stereocenters. The van der Waals surface area contributed by atoms with Crippen molar-refractivity contribution in [2.75, 3.05) is 0 Å². The third-order valence-corrected chi connectivity index (χ3v) is 0.602. The first-order valence-corrected chi connectivity index (χ1v) is 2.41. The second-order valence-corrected chi connectivity index (χ2v) is 2.88. The molecule has 0 aromatic rings. The number of halogens is 1. The average molecular weight is 374 g/mol. The van der Waals surface area contributed by atoms with Gasteiger partial charge >= 0.3 is 0 Å². The number of hydrogen-bond acceptors (Lipinski definition) is 1. The Morgan fingerprint density at radius 3 is 1.67 bits per heavy atom. The Balaban J connectivity index is -0.000000180. The predicted octanol–water partition coefficient (Wildman–Crippen LogP) is -1.47. The Morgan fingerprint density at radius 2 is 1.67 bits per heavy atom. The summed E-state index contributed by atoms with van der Waals surface area (Å²) in [6, 6.07) is 0. The summed E-state index contributed by atoms with van der Waals surface area (Å²) < 4.78 is 0. The van der Waals surface area contributed by atoms with Crippen LogP contribution in [0.3, 0.4) is 0 Å². The van der Waals surface area contributed by atoms with Crippen molar-refractivity contribution < 1.29 is 42.8 Å². The van der Waals surface area contributed by atoms with Crippen LogP contribution >= 0.6 is 0 Å². The van der Waals surface area contributed by atoms with Gasteiger partial charge in [-0.05, 0) is 5.41 Å². The molecule has 0 saturated heterocycles. The van der Waals surface area contributed by atoms with Gasteiger partial charge in [-0.3, -0.25) is 4.79 Å². The number of carbonyl (C=O) groups excluding carboxylic acids is 1. The van der Waals surface area contributed by atoms with Crippen molar-refractivity contribution >= 4 is 6.29 Å². The topological polar surface area (TPSA) is 17.1 Å². The minimum absolute atomic E-state index is 0. The van der Waals surface area contributed by atoms with Crippen LogP contribution in [0.15, 0.2) is 0 Å². The molecular formula is C6H11BrOPt-. The Labute approximate surface area is 81.6 Å². The van der Waals surface area contributed by atoms with Crippen LogP contribution in [0.25, 0.3) is 0 Å². The fourth-order valence-corrected chi connectivity index (χ4v) is 0.217. The minimum Gasteiger partial charge on any atom is -1.00 e. The van der Waals surface area contributed by atoms with E-state index in [-0.39, 0.29) is 43.5 Å². The van der Waals surface area contributed by atoms with E-state index in [1.165, 1.54) is 0 Å². The molecule has 0 amide bonds. The van der Waals surface area contributed by atoms with E-state index >= 15 is 0 Å². The molecule has 0 rings (SSSR count). The maximum Gasteiger partial charge on any atom is 0.198 e. The SMILES string of the molecule is CC(C)(C)C[C]=O.[Br-].[Pt]. The standard InChI is InChI=1S/C6H11O.BrH.Pt/c1-6(2,3)4-5-7;;/h4H2,1-3H3;1H;/p-1. The van der Waals surface area contributed by atoms with E-state index in [1.807, 2.05) is 27.1 Å². The molecule has 0 bridgehead atoms. The first-order valence-electron chi connectivity index (χ1n) is 2.41. The predicted molar refractivity (Wildman–Crippen MR) is 29.8 cm³/mol. The van der Waals surface area contributed by atoms with Gasteiger partial charge in [-0.2, -0.15) is 0 Å². The summed E-state index contributed by atoms with van der Waals surface area (Å²) in [4.78, 5) is 9.70. The first-order chi connectivity index (χ1) is 3.06. The molecule has 0 N–H and O–H groups in total. The van der Waals surface area contributed by atoms with Crippen molar-refractivity contribution in [3.8, 4) is 0 Å². The molecule has 0 saturated carbocycles. The molecule has 0 spiro atoms. The molecule has 0 unspecified atom stereocenters. The quantitative estimate of drug-likeness (QED) is 0.548. The van der Waals surface area contributed by atoms with Gasteiger partial charge in [-0.1, -0.05) is 20.8 Å². The normalized spacial score (nSPS) is 8.78.